The molecule has 1 amide bonds. The van der Waals surface area contributed by atoms with Gasteiger partial charge in [0.05, 0.1) is 0 Å². The summed E-state index contributed by atoms with van der Waals surface area (Å²) in [6, 6.07) is 9.38. The zero-order valence-electron chi connectivity index (χ0n) is 12.2. The van der Waals surface area contributed by atoms with Gasteiger partial charge in [0, 0.05) is 17.1 Å². The number of hydrogen-bond acceptors (Lipinski definition) is 3. The van der Waals surface area contributed by atoms with Crippen molar-refractivity contribution >= 4 is 22.7 Å². The molecule has 0 fully saturated rings. The van der Waals surface area contributed by atoms with Gasteiger partial charge in [0.2, 0.25) is 0 Å². The SMILES string of the molecule is Cc1ccc2oc(C(=O)Nc3cc(C(C)C)[nH]n3)cc2c1. The zero-order chi connectivity index (χ0) is 15.0. The summed E-state index contributed by atoms with van der Waals surface area (Å²) in [6.07, 6.45) is 0. The lowest BCUT2D eigenvalue weighted by Crippen LogP contribution is -2.10. The molecule has 3 rings (SSSR count). The maximum atomic E-state index is 12.2. The molecule has 2 aromatic heterocycles. The number of carbonyl (C=O) groups excluding carboxylic acids is 1. The largest absolute Gasteiger partial charge is 0.451 e. The van der Waals surface area contributed by atoms with Gasteiger partial charge in [-0.15, -0.1) is 0 Å². The van der Waals surface area contributed by atoms with Gasteiger partial charge in [-0.1, -0.05) is 25.5 Å². The van der Waals surface area contributed by atoms with Crippen molar-refractivity contribution in [2.24, 2.45) is 0 Å². The second-order valence-corrected chi connectivity index (χ2v) is 5.47. The molecule has 0 unspecified atom stereocenters. The molecule has 0 aliphatic carbocycles. The van der Waals surface area contributed by atoms with Gasteiger partial charge in [0.25, 0.3) is 5.91 Å². The van der Waals surface area contributed by atoms with Crippen molar-refractivity contribution in [3.05, 3.63) is 47.3 Å². The molecule has 0 aliphatic rings. The minimum Gasteiger partial charge on any atom is -0.451 e. The molecule has 1 aromatic carbocycles. The molecule has 0 aliphatic heterocycles. The Morgan fingerprint density at radius 1 is 1.29 bits per heavy atom. The topological polar surface area (TPSA) is 70.9 Å². The van der Waals surface area contributed by atoms with Crippen molar-refractivity contribution in [1.29, 1.82) is 0 Å². The van der Waals surface area contributed by atoms with Crippen LogP contribution in [0.5, 0.6) is 0 Å². The predicted octanol–water partition coefficient (Wildman–Crippen LogP) is 3.84. The maximum absolute atomic E-state index is 12.2. The fraction of sp³-hybridized carbons (Fsp3) is 0.250. The fourth-order valence-corrected chi connectivity index (χ4v) is 2.15. The Hall–Kier alpha value is -2.56. The van der Waals surface area contributed by atoms with E-state index in [-0.39, 0.29) is 11.7 Å². The number of carbonyl (C=O) groups is 1. The average Bonchev–Trinajstić information content (AvgIpc) is 3.04. The van der Waals surface area contributed by atoms with E-state index in [4.69, 9.17) is 4.42 Å². The summed E-state index contributed by atoms with van der Waals surface area (Å²) < 4.78 is 5.56. The van der Waals surface area contributed by atoms with Gasteiger partial charge < -0.3 is 9.73 Å². The van der Waals surface area contributed by atoms with Gasteiger partial charge in [-0.2, -0.15) is 5.10 Å². The number of aromatic amines is 1. The number of amides is 1. The maximum Gasteiger partial charge on any atom is 0.292 e. The molecular weight excluding hydrogens is 266 g/mol. The second kappa shape index (κ2) is 5.09. The van der Waals surface area contributed by atoms with E-state index in [2.05, 4.69) is 29.4 Å². The van der Waals surface area contributed by atoms with Crippen molar-refractivity contribution in [2.45, 2.75) is 26.7 Å². The third kappa shape index (κ3) is 2.67. The summed E-state index contributed by atoms with van der Waals surface area (Å²) in [7, 11) is 0. The zero-order valence-corrected chi connectivity index (χ0v) is 12.2. The van der Waals surface area contributed by atoms with Crippen LogP contribution in [-0.2, 0) is 0 Å². The molecule has 0 radical (unpaired) electrons. The highest BCUT2D eigenvalue weighted by molar-refractivity contribution is 6.04. The number of aryl methyl sites for hydroxylation is 1. The van der Waals surface area contributed by atoms with Crippen molar-refractivity contribution in [1.82, 2.24) is 10.2 Å². The molecule has 0 saturated heterocycles. The normalized spacial score (nSPS) is 11.2. The van der Waals surface area contributed by atoms with Crippen molar-refractivity contribution in [3.8, 4) is 0 Å². The molecule has 21 heavy (non-hydrogen) atoms. The number of nitrogens with zero attached hydrogens (tertiary/aromatic N) is 1. The van der Waals surface area contributed by atoms with Crippen LogP contribution in [-0.4, -0.2) is 16.1 Å². The van der Waals surface area contributed by atoms with Crippen LogP contribution in [0.25, 0.3) is 11.0 Å². The molecular formula is C16H17N3O2. The minimum absolute atomic E-state index is 0.282. The molecule has 5 heteroatoms. The van der Waals surface area contributed by atoms with Crippen molar-refractivity contribution in [3.63, 3.8) is 0 Å². The van der Waals surface area contributed by atoms with Gasteiger partial charge in [-0.05, 0) is 31.0 Å². The molecule has 2 heterocycles. The summed E-state index contributed by atoms with van der Waals surface area (Å²) in [5.74, 6) is 0.813. The first-order valence-electron chi connectivity index (χ1n) is 6.90. The van der Waals surface area contributed by atoms with E-state index in [1.165, 1.54) is 0 Å². The molecule has 0 saturated carbocycles. The highest BCUT2D eigenvalue weighted by atomic mass is 16.3. The number of furan rings is 1. The van der Waals surface area contributed by atoms with Gasteiger partial charge >= 0.3 is 0 Å². The second-order valence-electron chi connectivity index (χ2n) is 5.47. The monoisotopic (exact) mass is 283 g/mol. The lowest BCUT2D eigenvalue weighted by Gasteiger charge is -1.98. The highest BCUT2D eigenvalue weighted by Gasteiger charge is 2.14. The van der Waals surface area contributed by atoms with E-state index >= 15 is 0 Å². The Labute approximate surface area is 122 Å². The Morgan fingerprint density at radius 2 is 2.10 bits per heavy atom. The van der Waals surface area contributed by atoms with Crippen LogP contribution in [0.3, 0.4) is 0 Å². The third-order valence-corrected chi connectivity index (χ3v) is 3.36. The lowest BCUT2D eigenvalue weighted by molar-refractivity contribution is 0.0998. The lowest BCUT2D eigenvalue weighted by atomic mass is 10.1. The number of nitrogens with one attached hydrogen (secondary N) is 2. The fourth-order valence-electron chi connectivity index (χ4n) is 2.15. The van der Waals surface area contributed by atoms with Gasteiger partial charge in [0.1, 0.15) is 5.58 Å². The van der Waals surface area contributed by atoms with Crippen LogP contribution in [0.4, 0.5) is 5.82 Å². The van der Waals surface area contributed by atoms with Gasteiger partial charge in [-0.25, -0.2) is 0 Å². The van der Waals surface area contributed by atoms with E-state index in [0.717, 1.165) is 16.6 Å². The van der Waals surface area contributed by atoms with Crippen LogP contribution >= 0.6 is 0 Å². The van der Waals surface area contributed by atoms with Crippen LogP contribution in [0.15, 0.2) is 34.7 Å². The van der Waals surface area contributed by atoms with E-state index in [9.17, 15) is 4.79 Å². The smallest absolute Gasteiger partial charge is 0.292 e. The molecule has 0 atom stereocenters. The number of hydrogen-bond donors (Lipinski definition) is 2. The molecule has 2 N–H and O–H groups in total. The van der Waals surface area contributed by atoms with Crippen LogP contribution in [0.2, 0.25) is 0 Å². The van der Waals surface area contributed by atoms with Crippen molar-refractivity contribution < 1.29 is 9.21 Å². The van der Waals surface area contributed by atoms with E-state index in [1.54, 1.807) is 6.07 Å². The molecule has 0 spiro atoms. The molecule has 108 valence electrons. The van der Waals surface area contributed by atoms with Crippen LogP contribution in [0, 0.1) is 6.92 Å². The summed E-state index contributed by atoms with van der Waals surface area (Å²) in [5, 5.41) is 10.6. The van der Waals surface area contributed by atoms with E-state index < -0.39 is 0 Å². The number of H-pyrrole nitrogens is 1. The Morgan fingerprint density at radius 3 is 2.81 bits per heavy atom. The van der Waals surface area contributed by atoms with Crippen molar-refractivity contribution in [2.75, 3.05) is 5.32 Å². The summed E-state index contributed by atoms with van der Waals surface area (Å²) in [6.45, 7) is 6.12. The van der Waals surface area contributed by atoms with E-state index in [1.807, 2.05) is 31.2 Å². The first-order valence-corrected chi connectivity index (χ1v) is 6.90. The first-order chi connectivity index (χ1) is 10.0. The number of aromatic nitrogens is 2. The summed E-state index contributed by atoms with van der Waals surface area (Å²) >= 11 is 0. The molecule has 0 bridgehead atoms. The standard InChI is InChI=1S/C16H17N3O2/c1-9(2)12-8-15(19-18-12)17-16(20)14-7-11-6-10(3)4-5-13(11)21-14/h4-9H,1-3H3,(H2,17,18,19,20). The third-order valence-electron chi connectivity index (χ3n) is 3.36. The highest BCUT2D eigenvalue weighted by Crippen LogP contribution is 2.22. The Balaban J connectivity index is 1.82. The minimum atomic E-state index is -0.300. The average molecular weight is 283 g/mol. The first kappa shape index (κ1) is 13.4. The van der Waals surface area contributed by atoms with Crippen LogP contribution in [0.1, 0.15) is 41.6 Å². The van der Waals surface area contributed by atoms with Gasteiger partial charge in [0.15, 0.2) is 11.6 Å². The Kier molecular flexibility index (Phi) is 3.25. The van der Waals surface area contributed by atoms with E-state index in [0.29, 0.717) is 17.3 Å². The van der Waals surface area contributed by atoms with Gasteiger partial charge in [-0.3, -0.25) is 9.89 Å². The Bertz CT molecular complexity index is 799. The van der Waals surface area contributed by atoms with Crippen LogP contribution < -0.4 is 5.32 Å². The quantitative estimate of drug-likeness (QED) is 0.767. The summed E-state index contributed by atoms with van der Waals surface area (Å²) in [4.78, 5) is 12.2. The summed E-state index contributed by atoms with van der Waals surface area (Å²) in [5.41, 5.74) is 2.81. The predicted molar refractivity (Wildman–Crippen MR) is 81.6 cm³/mol. The number of fused-ring (bicyclic) bond motifs is 1. The molecule has 5 nitrogen and oxygen atoms in total. The number of anilines is 1. The number of benzene rings is 1. The molecule has 3 aromatic rings. The number of rotatable bonds is 3.